The van der Waals surface area contributed by atoms with Gasteiger partial charge in [-0.1, -0.05) is 12.1 Å². The van der Waals surface area contributed by atoms with E-state index < -0.39 is 17.1 Å². The fraction of sp³-hybridized carbons (Fsp3) is 0.526. The highest BCUT2D eigenvalue weighted by atomic mass is 35.5. The summed E-state index contributed by atoms with van der Waals surface area (Å²) in [6.45, 7) is 5.36. The lowest BCUT2D eigenvalue weighted by Gasteiger charge is -2.62. The van der Waals surface area contributed by atoms with E-state index in [4.69, 9.17) is 4.74 Å². The summed E-state index contributed by atoms with van der Waals surface area (Å²) in [6, 6.07) is 3.52. The van der Waals surface area contributed by atoms with Gasteiger partial charge in [0.15, 0.2) is 23.4 Å². The summed E-state index contributed by atoms with van der Waals surface area (Å²) in [5.41, 5.74) is 0.256. The number of ketones is 1. The lowest BCUT2D eigenvalue weighted by Crippen LogP contribution is -2.76. The minimum atomic E-state index is -1.00. The maximum atomic E-state index is 12.6. The van der Waals surface area contributed by atoms with Gasteiger partial charge in [0.2, 0.25) is 0 Å². The highest BCUT2D eigenvalue weighted by molar-refractivity contribution is 5.90. The van der Waals surface area contributed by atoms with Gasteiger partial charge in [-0.3, -0.25) is 9.69 Å². The lowest BCUT2D eigenvalue weighted by atomic mass is 9.49. The smallest absolute Gasteiger partial charge is 0.174 e. The van der Waals surface area contributed by atoms with E-state index in [2.05, 4.69) is 11.5 Å². The molecular weight excluding hydrogens is 374 g/mol. The molecule has 0 unspecified atom stereocenters. The number of halogens is 1. The number of carbonyl (C=O) groups is 1. The first-order valence-electron chi connectivity index (χ1n) is 8.65. The second-order valence-electron chi connectivity index (χ2n) is 7.56. The van der Waals surface area contributed by atoms with Gasteiger partial charge in [0.05, 0.1) is 11.0 Å². The van der Waals surface area contributed by atoms with Crippen molar-refractivity contribution in [2.75, 3.05) is 13.1 Å². The van der Waals surface area contributed by atoms with Crippen LogP contribution in [0.1, 0.15) is 30.4 Å². The quantitative estimate of drug-likeness (QED) is 0.679. The van der Waals surface area contributed by atoms with Crippen LogP contribution in [0.3, 0.4) is 0 Å². The van der Waals surface area contributed by atoms with Crippen molar-refractivity contribution >= 4 is 18.2 Å². The first kappa shape index (κ1) is 21.7. The Bertz CT molecular complexity index is 786. The molecular formula is C19H26ClNO6. The van der Waals surface area contributed by atoms with Gasteiger partial charge in [0.1, 0.15) is 0 Å². The zero-order valence-electron chi connectivity index (χ0n) is 14.9. The van der Waals surface area contributed by atoms with E-state index in [1.807, 2.05) is 12.1 Å². The number of rotatable bonds is 2. The van der Waals surface area contributed by atoms with Crippen LogP contribution < -0.4 is 4.74 Å². The van der Waals surface area contributed by atoms with E-state index in [-0.39, 0.29) is 40.9 Å². The normalized spacial score (nSPS) is 34.9. The van der Waals surface area contributed by atoms with E-state index in [0.29, 0.717) is 31.4 Å². The minimum Gasteiger partial charge on any atom is -0.504 e. The van der Waals surface area contributed by atoms with Crippen molar-refractivity contribution in [3.63, 3.8) is 0 Å². The summed E-state index contributed by atoms with van der Waals surface area (Å²) >= 11 is 0. The molecule has 0 amide bonds. The Balaban J connectivity index is 0.000000871. The summed E-state index contributed by atoms with van der Waals surface area (Å²) in [5.74, 6) is 0.528. The number of likely N-dealkylation sites (tertiary alicyclic amines) is 1. The minimum absolute atomic E-state index is 0. The first-order chi connectivity index (χ1) is 11.5. The fourth-order valence-corrected chi connectivity index (χ4v) is 5.80. The molecule has 1 aromatic rings. The number of ether oxygens (including phenoxy) is 1. The maximum absolute atomic E-state index is 12.6. The third-order valence-electron chi connectivity index (χ3n) is 6.73. The van der Waals surface area contributed by atoms with Gasteiger partial charge in [-0.2, -0.15) is 0 Å². The number of carbonyl (C=O) groups excluding carboxylic acids is 1. The topological polar surface area (TPSA) is 133 Å². The van der Waals surface area contributed by atoms with Gasteiger partial charge >= 0.3 is 0 Å². The molecule has 4 atom stereocenters. The van der Waals surface area contributed by atoms with Crippen LogP contribution in [-0.2, 0) is 16.6 Å². The molecule has 7 nitrogen and oxygen atoms in total. The van der Waals surface area contributed by atoms with Gasteiger partial charge in [0, 0.05) is 31.1 Å². The molecule has 2 aliphatic heterocycles. The van der Waals surface area contributed by atoms with E-state index in [1.165, 1.54) is 0 Å². The molecule has 27 heavy (non-hydrogen) atoms. The predicted molar refractivity (Wildman–Crippen MR) is 102 cm³/mol. The molecule has 1 saturated heterocycles. The SMILES string of the molecule is C=CCN1CC[C@]23c4c5ccc(O)c4O[C@H]2C(=O)CC[C@@]3(O)[C@H]1C5.Cl.O.O. The van der Waals surface area contributed by atoms with E-state index in [9.17, 15) is 15.0 Å². The molecule has 2 aliphatic carbocycles. The Morgan fingerprint density at radius 2 is 2.07 bits per heavy atom. The maximum Gasteiger partial charge on any atom is 0.174 e. The zero-order chi connectivity index (χ0) is 16.7. The van der Waals surface area contributed by atoms with E-state index in [1.54, 1.807) is 6.07 Å². The van der Waals surface area contributed by atoms with Crippen molar-refractivity contribution in [1.29, 1.82) is 0 Å². The molecule has 4 aliphatic rings. The molecule has 1 saturated carbocycles. The number of nitrogens with zero attached hydrogens (tertiary/aromatic N) is 1. The molecule has 1 aromatic carbocycles. The number of aliphatic hydroxyl groups is 1. The van der Waals surface area contributed by atoms with Crippen LogP contribution in [0.15, 0.2) is 24.8 Å². The fourth-order valence-electron chi connectivity index (χ4n) is 5.80. The van der Waals surface area contributed by atoms with Crippen molar-refractivity contribution in [2.45, 2.75) is 48.8 Å². The van der Waals surface area contributed by atoms with Gasteiger partial charge in [-0.05, 0) is 30.9 Å². The van der Waals surface area contributed by atoms with Crippen molar-refractivity contribution < 1.29 is 30.7 Å². The zero-order valence-corrected chi connectivity index (χ0v) is 15.7. The van der Waals surface area contributed by atoms with Crippen LogP contribution in [0.4, 0.5) is 0 Å². The average Bonchev–Trinajstić information content (AvgIpc) is 2.91. The monoisotopic (exact) mass is 399 g/mol. The van der Waals surface area contributed by atoms with Crippen LogP contribution in [-0.4, -0.2) is 62.7 Å². The number of piperidine rings is 1. The number of phenolic OH excluding ortho intramolecular Hbond substituents is 1. The summed E-state index contributed by atoms with van der Waals surface area (Å²) in [6.07, 6.45) is 3.35. The third kappa shape index (κ3) is 2.26. The van der Waals surface area contributed by atoms with Crippen LogP contribution in [0, 0.1) is 0 Å². The van der Waals surface area contributed by atoms with Crippen molar-refractivity contribution in [3.8, 4) is 11.5 Å². The highest BCUT2D eigenvalue weighted by Crippen LogP contribution is 2.64. The van der Waals surface area contributed by atoms with Crippen LogP contribution >= 0.6 is 12.4 Å². The number of hydrogen-bond acceptors (Lipinski definition) is 5. The lowest BCUT2D eigenvalue weighted by molar-refractivity contribution is -0.187. The summed E-state index contributed by atoms with van der Waals surface area (Å²) in [4.78, 5) is 14.9. The second kappa shape index (κ2) is 6.76. The Morgan fingerprint density at radius 3 is 2.78 bits per heavy atom. The Kier molecular flexibility index (Phi) is 5.42. The van der Waals surface area contributed by atoms with Crippen LogP contribution in [0.2, 0.25) is 0 Å². The molecule has 0 aromatic heterocycles. The molecule has 5 rings (SSSR count). The molecule has 0 radical (unpaired) electrons. The number of hydrogen-bond donors (Lipinski definition) is 2. The molecule has 2 bridgehead atoms. The molecule has 2 fully saturated rings. The van der Waals surface area contributed by atoms with Crippen LogP contribution in [0.5, 0.6) is 11.5 Å². The van der Waals surface area contributed by atoms with Crippen LogP contribution in [0.25, 0.3) is 0 Å². The molecule has 8 heteroatoms. The first-order valence-corrected chi connectivity index (χ1v) is 8.65. The van der Waals surface area contributed by atoms with Gasteiger partial charge < -0.3 is 25.9 Å². The van der Waals surface area contributed by atoms with Crippen molar-refractivity contribution in [3.05, 3.63) is 35.9 Å². The van der Waals surface area contributed by atoms with Gasteiger partial charge in [-0.15, -0.1) is 19.0 Å². The van der Waals surface area contributed by atoms with Crippen molar-refractivity contribution in [2.24, 2.45) is 0 Å². The van der Waals surface area contributed by atoms with E-state index >= 15 is 0 Å². The molecule has 2 heterocycles. The Labute approximate surface area is 163 Å². The standard InChI is InChI=1S/C19H21NO4.ClH.2H2O/c1-2-8-20-9-7-18-15-11-3-4-12(21)16(15)24-17(18)13(22)5-6-19(18,23)14(20)10-11;;;/h2-4,14,17,21,23H,1,5-10H2;1H;2*1H2/t14-,17+,18+,19-;;;/m1.../s1. The number of aromatic hydroxyl groups is 1. The summed E-state index contributed by atoms with van der Waals surface area (Å²) < 4.78 is 5.98. The van der Waals surface area contributed by atoms with Crippen molar-refractivity contribution in [1.82, 2.24) is 4.90 Å². The van der Waals surface area contributed by atoms with Gasteiger partial charge in [-0.25, -0.2) is 0 Å². The Hall–Kier alpha value is -1.64. The predicted octanol–water partition coefficient (Wildman–Crippen LogP) is 0.0738. The summed E-state index contributed by atoms with van der Waals surface area (Å²) in [5, 5.41) is 22.1. The molecule has 6 N–H and O–H groups in total. The second-order valence-corrected chi connectivity index (χ2v) is 7.56. The van der Waals surface area contributed by atoms with Gasteiger partial charge in [0.25, 0.3) is 0 Å². The third-order valence-corrected chi connectivity index (χ3v) is 6.73. The highest BCUT2D eigenvalue weighted by Gasteiger charge is 2.72. The molecule has 1 spiro atoms. The number of Topliss-reactive ketones (excluding diaryl/α,β-unsaturated/α-hetero) is 1. The van der Waals surface area contributed by atoms with E-state index in [0.717, 1.165) is 24.2 Å². The average molecular weight is 400 g/mol. The Morgan fingerprint density at radius 1 is 1.33 bits per heavy atom. The number of phenols is 1. The summed E-state index contributed by atoms with van der Waals surface area (Å²) in [7, 11) is 0. The number of benzene rings is 1. The molecule has 150 valence electrons. The largest absolute Gasteiger partial charge is 0.504 e.